The summed E-state index contributed by atoms with van der Waals surface area (Å²) in [6.45, 7) is 10.9. The Morgan fingerprint density at radius 2 is 2.11 bits per heavy atom. The second-order valence-corrected chi connectivity index (χ2v) is 5.58. The van der Waals surface area contributed by atoms with Crippen LogP contribution in [0.4, 0.5) is 0 Å². The summed E-state index contributed by atoms with van der Waals surface area (Å²) in [7, 11) is 0. The molecular weight excluding hydrogens is 238 g/mol. The van der Waals surface area contributed by atoms with Gasteiger partial charge in [-0.1, -0.05) is 20.3 Å². The van der Waals surface area contributed by atoms with Gasteiger partial charge in [0.2, 0.25) is 5.91 Å². The molecule has 1 amide bonds. The lowest BCUT2D eigenvalue weighted by Crippen LogP contribution is -2.49. The molecule has 4 nitrogen and oxygen atoms in total. The maximum absolute atomic E-state index is 12.0. The van der Waals surface area contributed by atoms with Gasteiger partial charge in [-0.05, 0) is 58.8 Å². The van der Waals surface area contributed by atoms with E-state index in [1.165, 1.54) is 12.8 Å². The summed E-state index contributed by atoms with van der Waals surface area (Å²) in [6, 6.07) is 0.325. The summed E-state index contributed by atoms with van der Waals surface area (Å²) >= 11 is 0. The molecule has 0 bridgehead atoms. The highest BCUT2D eigenvalue weighted by Gasteiger charge is 2.21. The molecule has 1 heterocycles. The van der Waals surface area contributed by atoms with E-state index in [4.69, 9.17) is 0 Å². The Morgan fingerprint density at radius 3 is 2.68 bits per heavy atom. The second-order valence-electron chi connectivity index (χ2n) is 5.58. The lowest BCUT2D eigenvalue weighted by atomic mass is 10.0. The van der Waals surface area contributed by atoms with Crippen molar-refractivity contribution in [2.75, 3.05) is 26.2 Å². The molecular formula is C15H31N3O. The number of hydrogen-bond donors (Lipinski definition) is 2. The fraction of sp³-hybridized carbons (Fsp3) is 0.933. The van der Waals surface area contributed by atoms with Crippen LogP contribution in [0.2, 0.25) is 0 Å². The summed E-state index contributed by atoms with van der Waals surface area (Å²) in [4.78, 5) is 14.5. The lowest BCUT2D eigenvalue weighted by molar-refractivity contribution is -0.124. The topological polar surface area (TPSA) is 44.4 Å². The van der Waals surface area contributed by atoms with E-state index in [1.807, 2.05) is 0 Å². The summed E-state index contributed by atoms with van der Waals surface area (Å²) in [5.74, 6) is 0.190. The minimum atomic E-state index is 0.0407. The normalized spacial score (nSPS) is 21.4. The molecule has 0 aliphatic carbocycles. The zero-order valence-corrected chi connectivity index (χ0v) is 12.9. The van der Waals surface area contributed by atoms with Crippen molar-refractivity contribution < 1.29 is 4.79 Å². The van der Waals surface area contributed by atoms with Gasteiger partial charge in [-0.25, -0.2) is 0 Å². The first-order chi connectivity index (χ1) is 9.17. The number of carbonyl (C=O) groups is 1. The molecule has 1 rings (SSSR count). The first-order valence-corrected chi connectivity index (χ1v) is 7.93. The van der Waals surface area contributed by atoms with Crippen molar-refractivity contribution in [3.63, 3.8) is 0 Å². The number of nitrogens with zero attached hydrogens (tertiary/aromatic N) is 1. The Labute approximate surface area is 118 Å². The maximum atomic E-state index is 12.0. The molecule has 2 N–H and O–H groups in total. The highest BCUT2D eigenvalue weighted by Crippen LogP contribution is 2.08. The molecule has 0 aromatic heterocycles. The van der Waals surface area contributed by atoms with Gasteiger partial charge in [0.15, 0.2) is 0 Å². The van der Waals surface area contributed by atoms with Gasteiger partial charge >= 0.3 is 0 Å². The van der Waals surface area contributed by atoms with Crippen LogP contribution in [0, 0.1) is 0 Å². The van der Waals surface area contributed by atoms with Crippen LogP contribution in [0.3, 0.4) is 0 Å². The molecule has 1 saturated heterocycles. The number of hydrogen-bond acceptors (Lipinski definition) is 3. The monoisotopic (exact) mass is 269 g/mol. The first kappa shape index (κ1) is 16.4. The van der Waals surface area contributed by atoms with E-state index in [-0.39, 0.29) is 18.0 Å². The van der Waals surface area contributed by atoms with Gasteiger partial charge in [-0.15, -0.1) is 0 Å². The van der Waals surface area contributed by atoms with Gasteiger partial charge in [0.1, 0.15) is 0 Å². The third kappa shape index (κ3) is 6.39. The van der Waals surface area contributed by atoms with E-state index in [2.05, 4.69) is 36.3 Å². The molecule has 0 saturated carbocycles. The predicted octanol–water partition coefficient (Wildman–Crippen LogP) is 1.76. The van der Waals surface area contributed by atoms with Crippen molar-refractivity contribution in [1.29, 1.82) is 0 Å². The molecule has 1 fully saturated rings. The first-order valence-electron chi connectivity index (χ1n) is 7.93. The Kier molecular flexibility index (Phi) is 8.07. The number of carbonyl (C=O) groups excluding carboxylic acids is 1. The fourth-order valence-corrected chi connectivity index (χ4v) is 2.65. The Morgan fingerprint density at radius 1 is 1.37 bits per heavy atom. The minimum absolute atomic E-state index is 0.0407. The third-order valence-corrected chi connectivity index (χ3v) is 4.02. The van der Waals surface area contributed by atoms with Crippen molar-refractivity contribution in [2.24, 2.45) is 0 Å². The molecule has 1 aliphatic heterocycles. The summed E-state index contributed by atoms with van der Waals surface area (Å²) in [6.07, 6.45) is 5.57. The van der Waals surface area contributed by atoms with Gasteiger partial charge in [0.25, 0.3) is 0 Å². The molecule has 4 heteroatoms. The van der Waals surface area contributed by atoms with Crippen molar-refractivity contribution in [3.8, 4) is 0 Å². The predicted molar refractivity (Wildman–Crippen MR) is 80.3 cm³/mol. The fourth-order valence-electron chi connectivity index (χ4n) is 2.65. The molecule has 2 unspecified atom stereocenters. The molecule has 1 aliphatic rings. The van der Waals surface area contributed by atoms with Crippen LogP contribution in [-0.4, -0.2) is 49.1 Å². The summed E-state index contributed by atoms with van der Waals surface area (Å²) in [5.41, 5.74) is 0. The molecule has 19 heavy (non-hydrogen) atoms. The Bertz CT molecular complexity index is 248. The van der Waals surface area contributed by atoms with Gasteiger partial charge in [-0.2, -0.15) is 0 Å². The average Bonchev–Trinajstić information content (AvgIpc) is 2.44. The van der Waals surface area contributed by atoms with Crippen molar-refractivity contribution in [2.45, 2.75) is 65.0 Å². The number of amides is 1. The molecule has 0 spiro atoms. The van der Waals surface area contributed by atoms with E-state index < -0.39 is 0 Å². The van der Waals surface area contributed by atoms with Gasteiger partial charge in [0.05, 0.1) is 6.04 Å². The van der Waals surface area contributed by atoms with Crippen LogP contribution >= 0.6 is 0 Å². The minimum Gasteiger partial charge on any atom is -0.352 e. The smallest absolute Gasteiger partial charge is 0.237 e. The zero-order valence-electron chi connectivity index (χ0n) is 12.9. The van der Waals surface area contributed by atoms with Gasteiger partial charge in [0, 0.05) is 6.04 Å². The second kappa shape index (κ2) is 9.32. The maximum Gasteiger partial charge on any atom is 0.237 e. The van der Waals surface area contributed by atoms with E-state index in [9.17, 15) is 4.79 Å². The van der Waals surface area contributed by atoms with E-state index >= 15 is 0 Å². The van der Waals surface area contributed by atoms with E-state index in [1.54, 1.807) is 0 Å². The quantitative estimate of drug-likeness (QED) is 0.706. The van der Waals surface area contributed by atoms with Crippen LogP contribution < -0.4 is 10.6 Å². The Balaban J connectivity index is 2.15. The van der Waals surface area contributed by atoms with Crippen molar-refractivity contribution in [1.82, 2.24) is 15.5 Å². The van der Waals surface area contributed by atoms with Crippen LogP contribution in [0.1, 0.15) is 52.9 Å². The average molecular weight is 269 g/mol. The zero-order chi connectivity index (χ0) is 14.1. The summed E-state index contributed by atoms with van der Waals surface area (Å²) < 4.78 is 0. The van der Waals surface area contributed by atoms with Crippen LogP contribution in [0.15, 0.2) is 0 Å². The van der Waals surface area contributed by atoms with Crippen LogP contribution in [-0.2, 0) is 4.79 Å². The molecule has 0 radical (unpaired) electrons. The van der Waals surface area contributed by atoms with E-state index in [0.29, 0.717) is 0 Å². The molecule has 0 aromatic rings. The lowest BCUT2D eigenvalue weighted by Gasteiger charge is -2.25. The van der Waals surface area contributed by atoms with Crippen LogP contribution in [0.25, 0.3) is 0 Å². The SMILES string of the molecule is CCN(CC)CCCC(C)NC(=O)C1CCCCN1. The molecule has 112 valence electrons. The van der Waals surface area contributed by atoms with Crippen LogP contribution in [0.5, 0.6) is 0 Å². The largest absolute Gasteiger partial charge is 0.352 e. The third-order valence-electron chi connectivity index (χ3n) is 4.02. The van der Waals surface area contributed by atoms with E-state index in [0.717, 1.165) is 45.4 Å². The van der Waals surface area contributed by atoms with Gasteiger partial charge in [-0.3, -0.25) is 4.79 Å². The molecule has 0 aromatic carbocycles. The number of piperidine rings is 1. The number of nitrogens with one attached hydrogen (secondary N) is 2. The Hall–Kier alpha value is -0.610. The highest BCUT2D eigenvalue weighted by atomic mass is 16.2. The summed E-state index contributed by atoms with van der Waals surface area (Å²) in [5, 5.41) is 6.44. The number of rotatable bonds is 8. The van der Waals surface area contributed by atoms with Crippen molar-refractivity contribution in [3.05, 3.63) is 0 Å². The van der Waals surface area contributed by atoms with Crippen molar-refractivity contribution >= 4 is 5.91 Å². The standard InChI is InChI=1S/C15H31N3O/c1-4-18(5-2)12-8-9-13(3)17-15(19)14-10-6-7-11-16-14/h13-14,16H,4-12H2,1-3H3,(H,17,19). The van der Waals surface area contributed by atoms with Gasteiger partial charge < -0.3 is 15.5 Å². The molecule has 2 atom stereocenters. The highest BCUT2D eigenvalue weighted by molar-refractivity contribution is 5.82.